The minimum Gasteiger partial charge on any atom is -0.397 e. The lowest BCUT2D eigenvalue weighted by molar-refractivity contribution is 0.846. The molecule has 9 heteroatoms. The monoisotopic (exact) mass is 382 g/mol. The number of pyridine rings is 1. The van der Waals surface area contributed by atoms with Crippen molar-refractivity contribution in [2.75, 3.05) is 16.8 Å². The molecular weight excluding hydrogens is 372 g/mol. The molecule has 0 radical (unpaired) electrons. The number of nitrogen functional groups attached to an aromatic ring is 2. The first-order valence-corrected chi connectivity index (χ1v) is 7.58. The van der Waals surface area contributed by atoms with Gasteiger partial charge in [-0.15, -0.1) is 0 Å². The number of hydrogen-bond acceptors (Lipinski definition) is 8. The Hall–Kier alpha value is -3.30. The zero-order valence-electron chi connectivity index (χ0n) is 12.2. The molecule has 2 heterocycles. The van der Waals surface area contributed by atoms with E-state index in [0.717, 1.165) is 10.0 Å². The number of halogens is 1. The third kappa shape index (κ3) is 2.57. The molecule has 1 aliphatic heterocycles. The van der Waals surface area contributed by atoms with Gasteiger partial charge in [-0.1, -0.05) is 28.1 Å². The van der Waals surface area contributed by atoms with Crippen LogP contribution in [-0.2, 0) is 0 Å². The van der Waals surface area contributed by atoms with Crippen LogP contribution in [0, 0.1) is 22.8 Å². The number of rotatable bonds is 1. The van der Waals surface area contributed by atoms with E-state index in [9.17, 15) is 5.26 Å². The summed E-state index contributed by atoms with van der Waals surface area (Å²) in [7, 11) is 0. The van der Waals surface area contributed by atoms with Crippen LogP contribution < -0.4 is 22.1 Å². The van der Waals surface area contributed by atoms with Gasteiger partial charge in [0.1, 0.15) is 29.3 Å². The molecular formula is C15H11BrN8. The number of nitriles is 2. The lowest BCUT2D eigenvalue weighted by atomic mass is 9.95. The zero-order chi connectivity index (χ0) is 17.3. The highest BCUT2D eigenvalue weighted by Gasteiger charge is 2.29. The van der Waals surface area contributed by atoms with Crippen molar-refractivity contribution in [1.82, 2.24) is 10.3 Å². The summed E-state index contributed by atoms with van der Waals surface area (Å²) in [4.78, 5) is 8.67. The van der Waals surface area contributed by atoms with Crippen molar-refractivity contribution < 1.29 is 0 Å². The number of nitrogens with two attached hydrogens (primary N) is 2. The lowest BCUT2D eigenvalue weighted by Crippen LogP contribution is -2.32. The van der Waals surface area contributed by atoms with Crippen molar-refractivity contribution in [3.05, 3.63) is 45.4 Å². The molecule has 0 amide bonds. The van der Waals surface area contributed by atoms with Crippen LogP contribution in [0.5, 0.6) is 0 Å². The van der Waals surface area contributed by atoms with Crippen LogP contribution in [0.3, 0.4) is 0 Å². The molecule has 1 unspecified atom stereocenters. The molecule has 0 bridgehead atoms. The van der Waals surface area contributed by atoms with Crippen LogP contribution in [0.25, 0.3) is 0 Å². The Morgan fingerprint density at radius 3 is 2.75 bits per heavy atom. The summed E-state index contributed by atoms with van der Waals surface area (Å²) >= 11 is 3.42. The number of benzene rings is 1. The first kappa shape index (κ1) is 15.6. The number of anilines is 3. The molecule has 24 heavy (non-hydrogen) atoms. The fraction of sp³-hybridized carbons (Fsp3) is 0.0667. The second-order valence-electron chi connectivity index (χ2n) is 4.96. The maximum Gasteiger partial charge on any atom is 0.211 e. The highest BCUT2D eigenvalue weighted by Crippen LogP contribution is 2.40. The van der Waals surface area contributed by atoms with Crippen molar-refractivity contribution in [3.63, 3.8) is 0 Å². The first-order chi connectivity index (χ1) is 11.5. The summed E-state index contributed by atoms with van der Waals surface area (Å²) in [6.07, 6.45) is 1.81. The van der Waals surface area contributed by atoms with Gasteiger partial charge in [-0.25, -0.2) is 9.98 Å². The normalized spacial score (nSPS) is 15.3. The largest absolute Gasteiger partial charge is 0.397 e. The Kier molecular flexibility index (Phi) is 3.94. The van der Waals surface area contributed by atoms with Crippen LogP contribution in [0.4, 0.5) is 17.3 Å². The van der Waals surface area contributed by atoms with Crippen LogP contribution >= 0.6 is 15.9 Å². The molecule has 0 aliphatic carbocycles. The molecule has 0 saturated carbocycles. The fourth-order valence-corrected chi connectivity index (χ4v) is 2.92. The molecule has 6 N–H and O–H groups in total. The van der Waals surface area contributed by atoms with E-state index in [4.69, 9.17) is 16.7 Å². The Morgan fingerprint density at radius 2 is 2.08 bits per heavy atom. The maximum atomic E-state index is 9.27. The SMILES string of the molecule is N#CNC1=NC(c2cccc(Br)c2)c2c(nc(N)c(C#N)c2N)N1. The van der Waals surface area contributed by atoms with Gasteiger partial charge in [0, 0.05) is 10.0 Å². The van der Waals surface area contributed by atoms with E-state index < -0.39 is 6.04 Å². The summed E-state index contributed by atoms with van der Waals surface area (Å²) in [5, 5.41) is 23.4. The van der Waals surface area contributed by atoms with Gasteiger partial charge in [-0.3, -0.25) is 5.32 Å². The number of fused-ring (bicyclic) bond motifs is 1. The van der Waals surface area contributed by atoms with E-state index in [1.54, 1.807) is 0 Å². The van der Waals surface area contributed by atoms with Gasteiger partial charge in [0.05, 0.1) is 5.69 Å². The second kappa shape index (κ2) is 6.07. The fourth-order valence-electron chi connectivity index (χ4n) is 2.50. The minimum atomic E-state index is -0.533. The van der Waals surface area contributed by atoms with Crippen LogP contribution in [0.15, 0.2) is 33.7 Å². The Morgan fingerprint density at radius 1 is 1.29 bits per heavy atom. The molecule has 1 aromatic heterocycles. The van der Waals surface area contributed by atoms with E-state index in [0.29, 0.717) is 11.4 Å². The summed E-state index contributed by atoms with van der Waals surface area (Å²) in [6, 6.07) is 8.94. The lowest BCUT2D eigenvalue weighted by Gasteiger charge is -2.26. The predicted octanol–water partition coefficient (Wildman–Crippen LogP) is 1.82. The summed E-state index contributed by atoms with van der Waals surface area (Å²) in [5.74, 6) is 0.611. The van der Waals surface area contributed by atoms with Gasteiger partial charge >= 0.3 is 0 Å². The molecule has 0 spiro atoms. The van der Waals surface area contributed by atoms with Gasteiger partial charge in [0.25, 0.3) is 0 Å². The minimum absolute atomic E-state index is 0.0208. The Labute approximate surface area is 145 Å². The van der Waals surface area contributed by atoms with Crippen molar-refractivity contribution in [2.45, 2.75) is 6.04 Å². The van der Waals surface area contributed by atoms with Gasteiger partial charge in [-0.2, -0.15) is 10.5 Å². The molecule has 118 valence electrons. The number of nitrogens with zero attached hydrogens (tertiary/aromatic N) is 4. The van der Waals surface area contributed by atoms with Crippen molar-refractivity contribution in [3.8, 4) is 12.3 Å². The van der Waals surface area contributed by atoms with Crippen LogP contribution in [0.2, 0.25) is 0 Å². The predicted molar refractivity (Wildman–Crippen MR) is 93.6 cm³/mol. The van der Waals surface area contributed by atoms with Crippen molar-refractivity contribution >= 4 is 39.2 Å². The molecule has 3 rings (SSSR count). The van der Waals surface area contributed by atoms with Crippen molar-refractivity contribution in [1.29, 1.82) is 10.5 Å². The number of aromatic nitrogens is 1. The summed E-state index contributed by atoms with van der Waals surface area (Å²) < 4.78 is 0.868. The number of hydrogen-bond donors (Lipinski definition) is 4. The quantitative estimate of drug-likeness (QED) is 0.433. The van der Waals surface area contributed by atoms with E-state index >= 15 is 0 Å². The second-order valence-corrected chi connectivity index (χ2v) is 5.87. The third-order valence-corrected chi connectivity index (χ3v) is 4.02. The van der Waals surface area contributed by atoms with Gasteiger partial charge < -0.3 is 16.8 Å². The summed E-state index contributed by atoms with van der Waals surface area (Å²) in [5.41, 5.74) is 13.7. The van der Waals surface area contributed by atoms with Crippen molar-refractivity contribution in [2.24, 2.45) is 4.99 Å². The van der Waals surface area contributed by atoms with E-state index in [1.165, 1.54) is 0 Å². The molecule has 8 nitrogen and oxygen atoms in total. The standard InChI is InChI=1S/C15H11BrN8/c16-8-3-1-2-7(4-8)12-10-11(19)9(5-17)13(20)23-14(10)24-15(22-12)21-6-18/h1-4,12H,(H6,19,20,21,22,23,24). The molecule has 1 atom stereocenters. The Bertz CT molecular complexity index is 938. The van der Waals surface area contributed by atoms with Crippen LogP contribution in [-0.4, -0.2) is 10.9 Å². The topological polar surface area (TPSA) is 149 Å². The van der Waals surface area contributed by atoms with E-state index in [-0.39, 0.29) is 23.0 Å². The number of aliphatic imine (C=N–C) groups is 1. The van der Waals surface area contributed by atoms with E-state index in [2.05, 4.69) is 36.5 Å². The zero-order valence-corrected chi connectivity index (χ0v) is 13.8. The highest BCUT2D eigenvalue weighted by atomic mass is 79.9. The van der Waals surface area contributed by atoms with Gasteiger partial charge in [0.15, 0.2) is 6.19 Å². The molecule has 0 saturated heterocycles. The first-order valence-electron chi connectivity index (χ1n) is 6.79. The van der Waals surface area contributed by atoms with E-state index in [1.807, 2.05) is 36.5 Å². The average Bonchev–Trinajstić information content (AvgIpc) is 2.54. The summed E-state index contributed by atoms with van der Waals surface area (Å²) in [6.45, 7) is 0. The number of guanidine groups is 1. The van der Waals surface area contributed by atoms with Crippen LogP contribution in [0.1, 0.15) is 22.7 Å². The Balaban J connectivity index is 2.25. The molecule has 1 aliphatic rings. The molecule has 1 aromatic carbocycles. The van der Waals surface area contributed by atoms with Gasteiger partial charge in [0.2, 0.25) is 5.96 Å². The molecule has 2 aromatic rings. The third-order valence-electron chi connectivity index (χ3n) is 3.52. The highest BCUT2D eigenvalue weighted by molar-refractivity contribution is 9.10. The van der Waals surface area contributed by atoms with Gasteiger partial charge in [-0.05, 0) is 17.7 Å². The average molecular weight is 383 g/mol. The smallest absolute Gasteiger partial charge is 0.211 e. The number of nitrogens with one attached hydrogen (secondary N) is 2. The molecule has 0 fully saturated rings. The maximum absolute atomic E-state index is 9.27.